The molecule has 4 unspecified atom stereocenters. The van der Waals surface area contributed by atoms with Crippen molar-refractivity contribution in [3.8, 4) is 5.75 Å². The van der Waals surface area contributed by atoms with Gasteiger partial charge in [-0.15, -0.1) is 0 Å². The van der Waals surface area contributed by atoms with E-state index >= 15 is 0 Å². The number of para-hydroxylation sites is 1. The van der Waals surface area contributed by atoms with Gasteiger partial charge in [0, 0.05) is 13.5 Å². The average Bonchev–Trinajstić information content (AvgIpc) is 3.18. The van der Waals surface area contributed by atoms with Crippen molar-refractivity contribution in [2.24, 2.45) is 0 Å². The third kappa shape index (κ3) is 8.96. The van der Waals surface area contributed by atoms with Crippen LogP contribution in [-0.4, -0.2) is 73.0 Å². The second-order valence-electron chi connectivity index (χ2n) is 7.36. The molecule has 2 amide bonds. The van der Waals surface area contributed by atoms with Crippen molar-refractivity contribution in [2.75, 3.05) is 20.2 Å². The molecule has 0 aliphatic carbocycles. The number of urea groups is 1. The van der Waals surface area contributed by atoms with E-state index in [1.807, 2.05) is 6.07 Å². The highest BCUT2D eigenvalue weighted by atomic mass is 31.2. The van der Waals surface area contributed by atoms with E-state index in [1.54, 1.807) is 38.1 Å². The Labute approximate surface area is 198 Å². The summed E-state index contributed by atoms with van der Waals surface area (Å²) < 4.78 is 35.8. The maximum Gasteiger partial charge on any atom is 0.323 e. The number of benzene rings is 1. The number of carbonyl (C=O) groups is 3. The molecule has 1 aromatic rings. The second kappa shape index (κ2) is 13.9. The first kappa shape index (κ1) is 27.6. The highest BCUT2D eigenvalue weighted by Crippen LogP contribution is 2.36. The summed E-state index contributed by atoms with van der Waals surface area (Å²) in [6, 6.07) is 8.04. The Bertz CT molecular complexity index is 845. The molecule has 13 heteroatoms. The van der Waals surface area contributed by atoms with Crippen LogP contribution in [0.15, 0.2) is 42.4 Å². The first-order chi connectivity index (χ1) is 16.2. The van der Waals surface area contributed by atoms with E-state index in [4.69, 9.17) is 18.5 Å². The van der Waals surface area contributed by atoms with Crippen LogP contribution >= 0.6 is 8.53 Å². The second-order valence-corrected chi connectivity index (χ2v) is 8.63. The predicted molar refractivity (Wildman–Crippen MR) is 120 cm³/mol. The summed E-state index contributed by atoms with van der Waals surface area (Å²) in [5.74, 6) is -1.19. The maximum absolute atomic E-state index is 13.5. The van der Waals surface area contributed by atoms with Crippen molar-refractivity contribution in [1.29, 1.82) is 0 Å². The molecular weight excluding hydrogens is 472 g/mol. The largest absolute Gasteiger partial charge is 0.462 e. The van der Waals surface area contributed by atoms with Crippen molar-refractivity contribution in [1.82, 2.24) is 15.3 Å². The van der Waals surface area contributed by atoms with Gasteiger partial charge in [-0.1, -0.05) is 18.2 Å². The van der Waals surface area contributed by atoms with Crippen LogP contribution < -0.4 is 14.9 Å². The molecule has 11 nitrogen and oxygen atoms in total. The van der Waals surface area contributed by atoms with Crippen LogP contribution in [0.25, 0.3) is 0 Å². The standard InChI is InChI=1S/C21H29FN3O8P/c1-14(2)31-20(28)10-24-34(33-16-7-5-4-6-8-16)30-13-18-17(27)9-19(32-18)25(21(29)23-3)11-15(22)12-26/h4-8,11-12,14,17-19,24,27H,9-10,13H2,1-3H3,(H,23,29)/b15-11+. The van der Waals surface area contributed by atoms with Gasteiger partial charge in [0.1, 0.15) is 24.6 Å². The number of rotatable bonds is 12. The number of esters is 1. The molecule has 1 saturated heterocycles. The van der Waals surface area contributed by atoms with E-state index in [0.717, 1.165) is 4.90 Å². The van der Waals surface area contributed by atoms with Crippen LogP contribution in [0.2, 0.25) is 0 Å². The average molecular weight is 501 g/mol. The number of nitrogens with one attached hydrogen (secondary N) is 2. The van der Waals surface area contributed by atoms with Gasteiger partial charge in [0.05, 0.1) is 25.0 Å². The normalized spacial score (nSPS) is 21.1. The molecule has 1 aromatic carbocycles. The van der Waals surface area contributed by atoms with E-state index in [0.29, 0.717) is 11.9 Å². The lowest BCUT2D eigenvalue weighted by Crippen LogP contribution is -2.42. The van der Waals surface area contributed by atoms with Crippen LogP contribution in [0, 0.1) is 0 Å². The van der Waals surface area contributed by atoms with E-state index in [-0.39, 0.29) is 32.0 Å². The molecule has 0 bridgehead atoms. The quantitative estimate of drug-likeness (QED) is 0.170. The fourth-order valence-corrected chi connectivity index (χ4v) is 3.92. The fraction of sp³-hybridized carbons (Fsp3) is 0.476. The molecule has 2 rings (SSSR count). The number of nitrogens with zero attached hydrogens (tertiary/aromatic N) is 1. The molecular formula is C21H29FN3O8P. The number of hydrogen-bond donors (Lipinski definition) is 3. The number of aldehydes is 1. The Balaban J connectivity index is 2.02. The summed E-state index contributed by atoms with van der Waals surface area (Å²) in [5.41, 5.74) is 0. The van der Waals surface area contributed by atoms with Crippen LogP contribution in [0.5, 0.6) is 5.75 Å². The summed E-state index contributed by atoms with van der Waals surface area (Å²) >= 11 is 0. The molecule has 1 aliphatic rings. The fourth-order valence-electron chi connectivity index (χ4n) is 2.86. The van der Waals surface area contributed by atoms with E-state index in [1.165, 1.54) is 7.05 Å². The summed E-state index contributed by atoms with van der Waals surface area (Å²) in [7, 11) is -0.513. The number of ether oxygens (including phenoxy) is 2. The van der Waals surface area contributed by atoms with E-state index < -0.39 is 44.8 Å². The molecule has 0 radical (unpaired) electrons. The van der Waals surface area contributed by atoms with Gasteiger partial charge in [0.25, 0.3) is 0 Å². The lowest BCUT2D eigenvalue weighted by molar-refractivity contribution is -0.145. The minimum Gasteiger partial charge on any atom is -0.462 e. The van der Waals surface area contributed by atoms with Crippen molar-refractivity contribution in [3.05, 3.63) is 42.4 Å². The highest BCUT2D eigenvalue weighted by molar-refractivity contribution is 7.45. The zero-order valence-electron chi connectivity index (χ0n) is 19.0. The Morgan fingerprint density at radius 2 is 2.06 bits per heavy atom. The molecule has 0 spiro atoms. The van der Waals surface area contributed by atoms with Gasteiger partial charge in [-0.2, -0.15) is 0 Å². The van der Waals surface area contributed by atoms with Gasteiger partial charge in [-0.05, 0) is 26.0 Å². The lowest BCUT2D eigenvalue weighted by atomic mass is 10.2. The number of carbonyl (C=O) groups excluding carboxylic acids is 3. The van der Waals surface area contributed by atoms with Crippen molar-refractivity contribution < 1.29 is 42.4 Å². The molecule has 1 heterocycles. The molecule has 4 atom stereocenters. The molecule has 188 valence electrons. The number of allylic oxidation sites excluding steroid dienone is 1. The third-order valence-electron chi connectivity index (χ3n) is 4.35. The van der Waals surface area contributed by atoms with Crippen molar-refractivity contribution >= 4 is 26.8 Å². The third-order valence-corrected chi connectivity index (χ3v) is 5.52. The SMILES string of the molecule is CNC(=O)N(/C=C(/F)C=O)C1CC(O)C(COP(NCC(=O)OC(C)C)Oc2ccccc2)O1. The monoisotopic (exact) mass is 501 g/mol. The zero-order chi connectivity index (χ0) is 25.1. The van der Waals surface area contributed by atoms with Crippen LogP contribution in [0.4, 0.5) is 9.18 Å². The molecule has 1 aliphatic heterocycles. The Morgan fingerprint density at radius 1 is 1.35 bits per heavy atom. The Kier molecular flexibility index (Phi) is 11.3. The number of aliphatic hydroxyl groups is 1. The molecule has 0 aromatic heterocycles. The van der Waals surface area contributed by atoms with Crippen molar-refractivity contribution in [2.45, 2.75) is 44.8 Å². The van der Waals surface area contributed by atoms with Crippen LogP contribution in [0.1, 0.15) is 20.3 Å². The number of halogens is 1. The molecule has 3 N–H and O–H groups in total. The van der Waals surface area contributed by atoms with Crippen LogP contribution in [-0.2, 0) is 23.6 Å². The summed E-state index contributed by atoms with van der Waals surface area (Å²) in [4.78, 5) is 35.4. The van der Waals surface area contributed by atoms with Gasteiger partial charge < -0.3 is 28.9 Å². The van der Waals surface area contributed by atoms with Crippen molar-refractivity contribution in [3.63, 3.8) is 0 Å². The van der Waals surface area contributed by atoms with Gasteiger partial charge in [-0.25, -0.2) is 14.3 Å². The minimum atomic E-state index is -1.84. The smallest absolute Gasteiger partial charge is 0.323 e. The van der Waals surface area contributed by atoms with E-state index in [2.05, 4.69) is 10.4 Å². The Morgan fingerprint density at radius 3 is 2.68 bits per heavy atom. The minimum absolute atomic E-state index is 0.0459. The number of amides is 2. The lowest BCUT2D eigenvalue weighted by Gasteiger charge is -2.25. The van der Waals surface area contributed by atoms with Gasteiger partial charge in [0.2, 0.25) is 0 Å². The summed E-state index contributed by atoms with van der Waals surface area (Å²) in [5, 5.41) is 15.6. The first-order valence-electron chi connectivity index (χ1n) is 10.5. The topological polar surface area (TPSA) is 136 Å². The molecule has 1 fully saturated rings. The van der Waals surface area contributed by atoms with Gasteiger partial charge in [0.15, 0.2) is 12.1 Å². The number of aliphatic hydroxyl groups excluding tert-OH is 1. The maximum atomic E-state index is 13.5. The first-order valence-corrected chi connectivity index (χ1v) is 11.7. The Hall–Kier alpha value is -2.63. The zero-order valence-corrected chi connectivity index (χ0v) is 19.9. The van der Waals surface area contributed by atoms with Gasteiger partial charge >= 0.3 is 20.5 Å². The number of hydrogen-bond acceptors (Lipinski definition) is 9. The molecule has 34 heavy (non-hydrogen) atoms. The summed E-state index contributed by atoms with van der Waals surface area (Å²) in [6.07, 6.45) is -2.66. The summed E-state index contributed by atoms with van der Waals surface area (Å²) in [6.45, 7) is 3.12. The van der Waals surface area contributed by atoms with Gasteiger partial charge in [-0.3, -0.25) is 14.5 Å². The van der Waals surface area contributed by atoms with Crippen LogP contribution in [0.3, 0.4) is 0 Å². The predicted octanol–water partition coefficient (Wildman–Crippen LogP) is 1.98. The molecule has 0 saturated carbocycles. The highest BCUT2D eigenvalue weighted by Gasteiger charge is 2.39. The van der Waals surface area contributed by atoms with E-state index in [9.17, 15) is 23.9 Å².